The highest BCUT2D eigenvalue weighted by molar-refractivity contribution is 5.86. The quantitative estimate of drug-likeness (QED) is 0.863. The van der Waals surface area contributed by atoms with E-state index in [0.29, 0.717) is 5.76 Å². The van der Waals surface area contributed by atoms with Crippen LogP contribution < -0.4 is 0 Å². The lowest BCUT2D eigenvalue weighted by Crippen LogP contribution is -1.94. The molecule has 17 heavy (non-hydrogen) atoms. The molecule has 0 aliphatic carbocycles. The van der Waals surface area contributed by atoms with Gasteiger partial charge in [0.1, 0.15) is 0 Å². The number of benzene rings is 1. The van der Waals surface area contributed by atoms with E-state index in [2.05, 4.69) is 11.2 Å². The molecule has 0 bridgehead atoms. The fourth-order valence-electron chi connectivity index (χ4n) is 1.80. The Morgan fingerprint density at radius 1 is 1.24 bits per heavy atom. The van der Waals surface area contributed by atoms with Crippen LogP contribution in [-0.2, 0) is 0 Å². The Labute approximate surface area is 98.9 Å². The average molecular weight is 231 g/mol. The van der Waals surface area contributed by atoms with Gasteiger partial charge in [-0.25, -0.2) is 4.79 Å². The van der Waals surface area contributed by atoms with Crippen molar-refractivity contribution in [1.29, 1.82) is 0 Å². The molecule has 0 radical (unpaired) electrons. The molecular formula is C13H13NO3. The summed E-state index contributed by atoms with van der Waals surface area (Å²) in [5, 5.41) is 12.3. The van der Waals surface area contributed by atoms with E-state index in [0.717, 1.165) is 22.3 Å². The lowest BCUT2D eigenvalue weighted by molar-refractivity contribution is 0.0686. The minimum atomic E-state index is -1.08. The van der Waals surface area contributed by atoms with Crippen LogP contribution in [0.4, 0.5) is 0 Å². The highest BCUT2D eigenvalue weighted by Gasteiger charge is 2.14. The fourth-order valence-corrected chi connectivity index (χ4v) is 1.80. The smallest absolute Gasteiger partial charge is 0.358 e. The van der Waals surface area contributed by atoms with Crippen molar-refractivity contribution in [3.63, 3.8) is 0 Å². The monoisotopic (exact) mass is 231 g/mol. The number of aromatic nitrogens is 1. The molecule has 0 saturated carbocycles. The van der Waals surface area contributed by atoms with Crippen LogP contribution in [0.1, 0.15) is 27.2 Å². The molecule has 0 spiro atoms. The minimum absolute atomic E-state index is 0.0708. The number of rotatable bonds is 2. The first kappa shape index (κ1) is 11.4. The average Bonchev–Trinajstić information content (AvgIpc) is 2.72. The molecule has 1 aromatic carbocycles. The maximum absolute atomic E-state index is 10.7. The van der Waals surface area contributed by atoms with E-state index in [1.165, 1.54) is 6.07 Å². The maximum atomic E-state index is 10.7. The summed E-state index contributed by atoms with van der Waals surface area (Å²) < 4.78 is 5.07. The van der Waals surface area contributed by atoms with Crippen molar-refractivity contribution < 1.29 is 14.4 Å². The van der Waals surface area contributed by atoms with Gasteiger partial charge in [-0.2, -0.15) is 0 Å². The third-order valence-corrected chi connectivity index (χ3v) is 2.81. The van der Waals surface area contributed by atoms with Gasteiger partial charge in [0.05, 0.1) is 0 Å². The molecule has 4 heteroatoms. The Balaban J connectivity index is 2.56. The van der Waals surface area contributed by atoms with Crippen molar-refractivity contribution >= 4 is 5.97 Å². The Morgan fingerprint density at radius 2 is 1.94 bits per heavy atom. The predicted molar refractivity (Wildman–Crippen MR) is 63.1 cm³/mol. The SMILES string of the molecule is Cc1cc(C)c(C)c(-c2cc(C(=O)O)no2)c1. The molecule has 0 aliphatic rings. The molecular weight excluding hydrogens is 218 g/mol. The molecule has 1 aromatic heterocycles. The van der Waals surface area contributed by atoms with E-state index in [1.54, 1.807) is 0 Å². The highest BCUT2D eigenvalue weighted by Crippen LogP contribution is 2.27. The van der Waals surface area contributed by atoms with E-state index in [-0.39, 0.29) is 5.69 Å². The number of carboxylic acids is 1. The fraction of sp³-hybridized carbons (Fsp3) is 0.231. The number of hydrogen-bond donors (Lipinski definition) is 1. The minimum Gasteiger partial charge on any atom is -0.476 e. The Kier molecular flexibility index (Phi) is 2.71. The van der Waals surface area contributed by atoms with Crippen LogP contribution in [0.25, 0.3) is 11.3 Å². The van der Waals surface area contributed by atoms with Gasteiger partial charge in [0.2, 0.25) is 0 Å². The summed E-state index contributed by atoms with van der Waals surface area (Å²) in [7, 11) is 0. The molecule has 0 amide bonds. The maximum Gasteiger partial charge on any atom is 0.358 e. The van der Waals surface area contributed by atoms with Gasteiger partial charge in [-0.15, -0.1) is 0 Å². The summed E-state index contributed by atoms with van der Waals surface area (Å²) in [4.78, 5) is 10.7. The van der Waals surface area contributed by atoms with Gasteiger partial charge in [0.15, 0.2) is 11.5 Å². The molecule has 0 saturated heterocycles. The molecule has 1 N–H and O–H groups in total. The molecule has 2 rings (SSSR count). The summed E-state index contributed by atoms with van der Waals surface area (Å²) in [6, 6.07) is 5.49. The summed E-state index contributed by atoms with van der Waals surface area (Å²) in [5.41, 5.74) is 4.15. The first-order valence-corrected chi connectivity index (χ1v) is 5.27. The molecule has 88 valence electrons. The summed E-state index contributed by atoms with van der Waals surface area (Å²) in [6.45, 7) is 5.98. The lowest BCUT2D eigenvalue weighted by atomic mass is 9.98. The number of hydrogen-bond acceptors (Lipinski definition) is 3. The van der Waals surface area contributed by atoms with Gasteiger partial charge in [-0.05, 0) is 38.0 Å². The van der Waals surface area contributed by atoms with Crippen molar-refractivity contribution in [1.82, 2.24) is 5.16 Å². The summed E-state index contributed by atoms with van der Waals surface area (Å²) in [6.07, 6.45) is 0. The zero-order valence-electron chi connectivity index (χ0n) is 9.94. The second kappa shape index (κ2) is 4.05. The zero-order valence-corrected chi connectivity index (χ0v) is 9.94. The van der Waals surface area contributed by atoms with Crippen LogP contribution in [0.3, 0.4) is 0 Å². The van der Waals surface area contributed by atoms with Crippen LogP contribution in [0.2, 0.25) is 0 Å². The lowest BCUT2D eigenvalue weighted by Gasteiger charge is -2.07. The third-order valence-electron chi connectivity index (χ3n) is 2.81. The molecule has 2 aromatic rings. The van der Waals surface area contributed by atoms with Gasteiger partial charge in [0, 0.05) is 11.6 Å². The Morgan fingerprint density at radius 3 is 2.53 bits per heavy atom. The van der Waals surface area contributed by atoms with Crippen LogP contribution >= 0.6 is 0 Å². The van der Waals surface area contributed by atoms with Crippen molar-refractivity contribution in [3.8, 4) is 11.3 Å². The van der Waals surface area contributed by atoms with Crippen LogP contribution in [0, 0.1) is 20.8 Å². The molecule has 4 nitrogen and oxygen atoms in total. The number of aryl methyl sites for hydroxylation is 2. The van der Waals surface area contributed by atoms with E-state index in [9.17, 15) is 4.79 Å². The van der Waals surface area contributed by atoms with Gasteiger partial charge in [-0.3, -0.25) is 0 Å². The van der Waals surface area contributed by atoms with Gasteiger partial charge in [-0.1, -0.05) is 16.8 Å². The van der Waals surface area contributed by atoms with Crippen LogP contribution in [-0.4, -0.2) is 16.2 Å². The van der Waals surface area contributed by atoms with Crippen molar-refractivity contribution in [2.45, 2.75) is 20.8 Å². The Hall–Kier alpha value is -2.10. The standard InChI is InChI=1S/C13H13NO3/c1-7-4-8(2)9(3)10(5-7)12-6-11(13(15)16)14-17-12/h4-6H,1-3H3,(H,15,16). The predicted octanol–water partition coefficient (Wildman–Crippen LogP) is 2.97. The van der Waals surface area contributed by atoms with Crippen molar-refractivity contribution in [3.05, 3.63) is 40.6 Å². The molecule has 1 heterocycles. The topological polar surface area (TPSA) is 63.3 Å². The second-order valence-electron chi connectivity index (χ2n) is 4.14. The molecule has 0 unspecified atom stereocenters. The number of carboxylic acid groups (broad SMARTS) is 1. The van der Waals surface area contributed by atoms with Crippen LogP contribution in [0.5, 0.6) is 0 Å². The van der Waals surface area contributed by atoms with E-state index < -0.39 is 5.97 Å². The van der Waals surface area contributed by atoms with Crippen molar-refractivity contribution in [2.75, 3.05) is 0 Å². The normalized spacial score (nSPS) is 10.5. The number of carbonyl (C=O) groups is 1. The second-order valence-corrected chi connectivity index (χ2v) is 4.14. The van der Waals surface area contributed by atoms with Gasteiger partial charge >= 0.3 is 5.97 Å². The largest absolute Gasteiger partial charge is 0.476 e. The molecule has 0 fully saturated rings. The number of nitrogens with zero attached hydrogens (tertiary/aromatic N) is 1. The number of aromatic carboxylic acids is 1. The first-order chi connectivity index (χ1) is 7.99. The molecule has 0 atom stereocenters. The van der Waals surface area contributed by atoms with E-state index in [1.807, 2.05) is 26.8 Å². The third kappa shape index (κ3) is 2.06. The van der Waals surface area contributed by atoms with Gasteiger partial charge in [0.25, 0.3) is 0 Å². The van der Waals surface area contributed by atoms with E-state index >= 15 is 0 Å². The van der Waals surface area contributed by atoms with Crippen molar-refractivity contribution in [2.24, 2.45) is 0 Å². The zero-order chi connectivity index (χ0) is 12.6. The van der Waals surface area contributed by atoms with Crippen LogP contribution in [0.15, 0.2) is 22.7 Å². The summed E-state index contributed by atoms with van der Waals surface area (Å²) in [5.74, 6) is -0.589. The highest BCUT2D eigenvalue weighted by atomic mass is 16.5. The first-order valence-electron chi connectivity index (χ1n) is 5.27. The molecule has 0 aliphatic heterocycles. The summed E-state index contributed by atoms with van der Waals surface area (Å²) >= 11 is 0. The van der Waals surface area contributed by atoms with Gasteiger partial charge < -0.3 is 9.63 Å². The Bertz CT molecular complexity index is 584. The van der Waals surface area contributed by atoms with E-state index in [4.69, 9.17) is 9.63 Å².